The van der Waals surface area contributed by atoms with Crippen LogP contribution in [0.5, 0.6) is 0 Å². The van der Waals surface area contributed by atoms with Gasteiger partial charge in [-0.25, -0.2) is 23.4 Å². The Morgan fingerprint density at radius 2 is 1.67 bits per heavy atom. The lowest BCUT2D eigenvalue weighted by atomic mass is 9.73. The van der Waals surface area contributed by atoms with Gasteiger partial charge in [-0.15, -0.1) is 0 Å². The van der Waals surface area contributed by atoms with Crippen molar-refractivity contribution in [2.24, 2.45) is 5.73 Å². The summed E-state index contributed by atoms with van der Waals surface area (Å²) in [6, 6.07) is 24.4. The van der Waals surface area contributed by atoms with Crippen LogP contribution in [0, 0.1) is 0 Å². The van der Waals surface area contributed by atoms with Gasteiger partial charge in [-0.1, -0.05) is 24.3 Å². The van der Waals surface area contributed by atoms with Crippen LogP contribution in [0.2, 0.25) is 0 Å². The average Bonchev–Trinajstić information content (AvgIpc) is 3.38. The SMILES string of the molecule is CS(=O)(=O)C1CCN(c2cccc(-c3ccc4nc(-c5cccnc5N)n(-c5ccc(C6(N)CCC6)cc5)c4n3)c2)CC1. The number of benzene rings is 2. The number of nitrogens with zero attached hydrogens (tertiary/aromatic N) is 5. The number of imidazole rings is 1. The molecule has 4 heterocycles. The van der Waals surface area contributed by atoms with E-state index in [0.29, 0.717) is 43.2 Å². The van der Waals surface area contributed by atoms with Gasteiger partial charge in [0.25, 0.3) is 0 Å². The maximum Gasteiger partial charge on any atom is 0.165 e. The molecule has 1 aliphatic carbocycles. The number of piperidine rings is 1. The van der Waals surface area contributed by atoms with E-state index < -0.39 is 9.84 Å². The molecule has 1 aliphatic heterocycles. The summed E-state index contributed by atoms with van der Waals surface area (Å²) in [6.07, 6.45) is 7.43. The average molecular weight is 594 g/mol. The molecule has 4 N–H and O–H groups in total. The Morgan fingerprint density at radius 3 is 2.35 bits per heavy atom. The zero-order valence-electron chi connectivity index (χ0n) is 24.1. The standard InChI is InChI=1S/C33H35N7O2S/c1-43(41,42)26-14-19-39(20-15-26)25-6-2-5-22(21-25)28-12-13-29-32(37-28)40(31(38-29)27-7-3-18-36-30(27)34)24-10-8-23(9-11-24)33(35)16-4-17-33/h2-3,5-13,18,21,26H,4,14-17,19-20,35H2,1H3,(H2,34,36). The minimum Gasteiger partial charge on any atom is -0.383 e. The number of sulfone groups is 1. The molecule has 0 atom stereocenters. The first-order valence-electron chi connectivity index (χ1n) is 14.7. The second-order valence-corrected chi connectivity index (χ2v) is 14.2. The fraction of sp³-hybridized carbons (Fsp3) is 0.303. The highest BCUT2D eigenvalue weighted by Crippen LogP contribution is 2.39. The predicted molar refractivity (Wildman–Crippen MR) is 172 cm³/mol. The normalized spacial score (nSPS) is 17.2. The molecule has 0 amide bonds. The summed E-state index contributed by atoms with van der Waals surface area (Å²) in [6.45, 7) is 1.41. The van der Waals surface area contributed by atoms with Crippen LogP contribution in [-0.2, 0) is 15.4 Å². The highest BCUT2D eigenvalue weighted by molar-refractivity contribution is 7.91. The van der Waals surface area contributed by atoms with E-state index in [0.717, 1.165) is 58.5 Å². The molecule has 0 spiro atoms. The van der Waals surface area contributed by atoms with E-state index in [9.17, 15) is 8.42 Å². The smallest absolute Gasteiger partial charge is 0.165 e. The lowest BCUT2D eigenvalue weighted by Crippen LogP contribution is -2.43. The van der Waals surface area contributed by atoms with Crippen molar-refractivity contribution >= 4 is 32.5 Å². The summed E-state index contributed by atoms with van der Waals surface area (Å²) >= 11 is 0. The molecule has 220 valence electrons. The quantitative estimate of drug-likeness (QED) is 0.278. The lowest BCUT2D eigenvalue weighted by molar-refractivity contribution is 0.253. The molecule has 3 aromatic heterocycles. The van der Waals surface area contributed by atoms with Crippen LogP contribution >= 0.6 is 0 Å². The monoisotopic (exact) mass is 593 g/mol. The van der Waals surface area contributed by atoms with Gasteiger partial charge in [0.2, 0.25) is 0 Å². The fourth-order valence-corrected chi connectivity index (χ4v) is 7.41. The van der Waals surface area contributed by atoms with Crippen molar-refractivity contribution in [3.05, 3.63) is 84.6 Å². The molecule has 43 heavy (non-hydrogen) atoms. The topological polar surface area (TPSA) is 133 Å². The van der Waals surface area contributed by atoms with Gasteiger partial charge in [0, 0.05) is 48.0 Å². The third-order valence-electron chi connectivity index (χ3n) is 9.08. The van der Waals surface area contributed by atoms with Crippen LogP contribution in [0.4, 0.5) is 11.5 Å². The summed E-state index contributed by atoms with van der Waals surface area (Å²) in [4.78, 5) is 16.7. The maximum absolute atomic E-state index is 12.0. The highest BCUT2D eigenvalue weighted by Gasteiger charge is 2.34. The molecule has 0 bridgehead atoms. The van der Waals surface area contributed by atoms with E-state index in [-0.39, 0.29) is 10.8 Å². The molecule has 2 aromatic carbocycles. The number of aromatic nitrogens is 4. The van der Waals surface area contributed by atoms with Gasteiger partial charge in [0.05, 0.1) is 16.5 Å². The molecule has 9 nitrogen and oxygen atoms in total. The number of anilines is 2. The van der Waals surface area contributed by atoms with Gasteiger partial charge in [0.1, 0.15) is 21.2 Å². The zero-order valence-corrected chi connectivity index (χ0v) is 25.0. The summed E-state index contributed by atoms with van der Waals surface area (Å²) in [5.41, 5.74) is 19.8. The van der Waals surface area contributed by atoms with Crippen molar-refractivity contribution in [3.8, 4) is 28.3 Å². The van der Waals surface area contributed by atoms with Crippen molar-refractivity contribution in [2.45, 2.75) is 42.9 Å². The molecule has 0 radical (unpaired) electrons. The first-order valence-corrected chi connectivity index (χ1v) is 16.7. The Balaban J connectivity index is 1.29. The zero-order chi connectivity index (χ0) is 29.8. The van der Waals surface area contributed by atoms with Gasteiger partial charge in [-0.05, 0) is 86.2 Å². The summed E-state index contributed by atoms with van der Waals surface area (Å²) in [5, 5.41) is -0.266. The van der Waals surface area contributed by atoms with E-state index in [1.165, 1.54) is 6.26 Å². The molecule has 5 aromatic rings. The number of pyridine rings is 2. The van der Waals surface area contributed by atoms with Crippen molar-refractivity contribution in [1.29, 1.82) is 0 Å². The lowest BCUT2D eigenvalue weighted by Gasteiger charge is -2.38. The number of nitrogens with two attached hydrogens (primary N) is 2. The van der Waals surface area contributed by atoms with E-state index in [2.05, 4.69) is 52.3 Å². The third-order valence-corrected chi connectivity index (χ3v) is 10.8. The number of hydrogen-bond acceptors (Lipinski definition) is 8. The Labute approximate surface area is 251 Å². The molecule has 2 fully saturated rings. The molecule has 0 unspecified atom stereocenters. The molecule has 10 heteroatoms. The fourth-order valence-electron chi connectivity index (χ4n) is 6.34. The maximum atomic E-state index is 12.0. The minimum absolute atomic E-state index is 0.247. The van der Waals surface area contributed by atoms with E-state index >= 15 is 0 Å². The predicted octanol–water partition coefficient (Wildman–Crippen LogP) is 5.08. The molecule has 1 saturated carbocycles. The largest absolute Gasteiger partial charge is 0.383 e. The van der Waals surface area contributed by atoms with Gasteiger partial charge in [0.15, 0.2) is 11.5 Å². The van der Waals surface area contributed by atoms with Crippen LogP contribution in [0.1, 0.15) is 37.7 Å². The summed E-state index contributed by atoms with van der Waals surface area (Å²) in [5.74, 6) is 1.07. The molecular weight excluding hydrogens is 558 g/mol. The van der Waals surface area contributed by atoms with Gasteiger partial charge in [-0.2, -0.15) is 0 Å². The number of hydrogen-bond donors (Lipinski definition) is 2. The van der Waals surface area contributed by atoms with Crippen LogP contribution in [0.25, 0.3) is 39.5 Å². The van der Waals surface area contributed by atoms with E-state index in [4.69, 9.17) is 21.4 Å². The second-order valence-electron chi connectivity index (χ2n) is 11.9. The van der Waals surface area contributed by atoms with Crippen LogP contribution in [0.3, 0.4) is 0 Å². The first-order chi connectivity index (χ1) is 20.7. The van der Waals surface area contributed by atoms with Crippen LogP contribution in [-0.4, -0.2) is 52.5 Å². The van der Waals surface area contributed by atoms with Gasteiger partial charge >= 0.3 is 0 Å². The number of nitrogen functional groups attached to an aromatic ring is 1. The van der Waals surface area contributed by atoms with Crippen LogP contribution in [0.15, 0.2) is 79.0 Å². The van der Waals surface area contributed by atoms with Crippen molar-refractivity contribution < 1.29 is 8.42 Å². The van der Waals surface area contributed by atoms with Crippen molar-refractivity contribution in [2.75, 3.05) is 30.0 Å². The summed E-state index contributed by atoms with van der Waals surface area (Å²) in [7, 11) is -3.02. The highest BCUT2D eigenvalue weighted by atomic mass is 32.2. The van der Waals surface area contributed by atoms with Crippen molar-refractivity contribution in [1.82, 2.24) is 19.5 Å². The Hall–Kier alpha value is -4.28. The molecule has 1 saturated heterocycles. The molecule has 2 aliphatic rings. The van der Waals surface area contributed by atoms with Gasteiger partial charge in [-0.3, -0.25) is 4.57 Å². The number of rotatable bonds is 6. The van der Waals surface area contributed by atoms with Crippen LogP contribution < -0.4 is 16.4 Å². The molecule has 7 rings (SSSR count). The summed E-state index contributed by atoms with van der Waals surface area (Å²) < 4.78 is 26.1. The number of fused-ring (bicyclic) bond motifs is 1. The van der Waals surface area contributed by atoms with Gasteiger partial charge < -0.3 is 16.4 Å². The molecular formula is C33H35N7O2S. The minimum atomic E-state index is -3.02. The van der Waals surface area contributed by atoms with Crippen molar-refractivity contribution in [3.63, 3.8) is 0 Å². The Morgan fingerprint density at radius 1 is 0.907 bits per heavy atom. The van der Waals surface area contributed by atoms with E-state index in [1.807, 2.05) is 34.9 Å². The Kier molecular flexibility index (Phi) is 6.70. The van der Waals surface area contributed by atoms with E-state index in [1.54, 1.807) is 6.20 Å². The Bertz CT molecular complexity index is 1920. The second kappa shape index (κ2) is 10.5. The first kappa shape index (κ1) is 27.5. The third kappa shape index (κ3) is 5.04.